The molecule has 0 bridgehead atoms. The van der Waals surface area contributed by atoms with Gasteiger partial charge in [0.1, 0.15) is 0 Å². The number of rotatable bonds is 14. The van der Waals surface area contributed by atoms with E-state index >= 15 is 0 Å². The average molecular weight is 333 g/mol. The van der Waals surface area contributed by atoms with E-state index in [4.69, 9.17) is 23.7 Å². The highest BCUT2D eigenvalue weighted by Gasteiger charge is 2.12. The summed E-state index contributed by atoms with van der Waals surface area (Å²) in [6.07, 6.45) is 2.83. The van der Waals surface area contributed by atoms with Crippen LogP contribution in [-0.2, 0) is 28.5 Å². The first-order valence-corrected chi connectivity index (χ1v) is 8.54. The molecule has 1 saturated heterocycles. The van der Waals surface area contributed by atoms with Crippen molar-refractivity contribution in [3.8, 4) is 0 Å². The second kappa shape index (κ2) is 14.8. The number of piperidine rings is 1. The molecule has 0 radical (unpaired) electrons. The van der Waals surface area contributed by atoms with Crippen LogP contribution in [0.1, 0.15) is 26.2 Å². The minimum Gasteiger partial charge on any atom is -0.466 e. The van der Waals surface area contributed by atoms with Crippen molar-refractivity contribution in [2.75, 3.05) is 65.9 Å². The number of ether oxygens (including phenoxy) is 5. The summed E-state index contributed by atoms with van der Waals surface area (Å²) in [4.78, 5) is 11.0. The van der Waals surface area contributed by atoms with Gasteiger partial charge in [-0.3, -0.25) is 4.79 Å². The summed E-state index contributed by atoms with van der Waals surface area (Å²) in [7, 11) is 0. The minimum absolute atomic E-state index is 0.228. The van der Waals surface area contributed by atoms with Gasteiger partial charge in [-0.25, -0.2) is 0 Å². The average Bonchev–Trinajstić information content (AvgIpc) is 2.57. The molecule has 1 fully saturated rings. The van der Waals surface area contributed by atoms with Gasteiger partial charge in [0.05, 0.1) is 65.4 Å². The largest absolute Gasteiger partial charge is 0.466 e. The zero-order valence-corrected chi connectivity index (χ0v) is 14.2. The number of esters is 1. The van der Waals surface area contributed by atoms with Crippen LogP contribution in [0.4, 0.5) is 0 Å². The van der Waals surface area contributed by atoms with Gasteiger partial charge in [-0.15, -0.1) is 0 Å². The first-order chi connectivity index (χ1) is 11.3. The van der Waals surface area contributed by atoms with Crippen molar-refractivity contribution in [1.29, 1.82) is 0 Å². The predicted molar refractivity (Wildman–Crippen MR) is 85.6 cm³/mol. The smallest absolute Gasteiger partial charge is 0.308 e. The van der Waals surface area contributed by atoms with Crippen LogP contribution < -0.4 is 5.32 Å². The molecule has 0 spiro atoms. The first kappa shape index (κ1) is 20.3. The van der Waals surface area contributed by atoms with Crippen molar-refractivity contribution in [3.63, 3.8) is 0 Å². The third-order valence-corrected chi connectivity index (χ3v) is 3.37. The van der Waals surface area contributed by atoms with Crippen molar-refractivity contribution in [2.24, 2.45) is 0 Å². The number of hydrogen-bond donors (Lipinski definition) is 1. The van der Waals surface area contributed by atoms with Gasteiger partial charge >= 0.3 is 5.97 Å². The summed E-state index contributed by atoms with van der Waals surface area (Å²) in [5.74, 6) is -0.228. The Hall–Kier alpha value is -0.730. The third kappa shape index (κ3) is 12.4. The standard InChI is InChI=1S/C16H31NO6/c1-2-22-16(18)5-8-19-9-10-20-11-12-21-13-14-23-15-3-6-17-7-4-15/h15,17H,2-14H2,1H3. The summed E-state index contributed by atoms with van der Waals surface area (Å²) in [5.41, 5.74) is 0. The first-order valence-electron chi connectivity index (χ1n) is 8.54. The maximum atomic E-state index is 11.0. The van der Waals surface area contributed by atoms with Crippen molar-refractivity contribution in [2.45, 2.75) is 32.3 Å². The Morgan fingerprint density at radius 2 is 1.48 bits per heavy atom. The predicted octanol–water partition coefficient (Wildman–Crippen LogP) is 0.758. The number of carbonyl (C=O) groups excluding carboxylic acids is 1. The van der Waals surface area contributed by atoms with E-state index in [1.165, 1.54) is 0 Å². The lowest BCUT2D eigenvalue weighted by atomic mass is 10.1. The molecule has 7 nitrogen and oxygen atoms in total. The Labute approximate surface area is 138 Å². The molecule has 23 heavy (non-hydrogen) atoms. The topological polar surface area (TPSA) is 75.3 Å². The summed E-state index contributed by atoms with van der Waals surface area (Å²) < 4.78 is 26.6. The molecular formula is C16H31NO6. The van der Waals surface area contributed by atoms with Crippen LogP contribution >= 0.6 is 0 Å². The molecule has 1 aliphatic rings. The van der Waals surface area contributed by atoms with E-state index in [2.05, 4.69) is 5.32 Å². The fraction of sp³-hybridized carbons (Fsp3) is 0.938. The van der Waals surface area contributed by atoms with E-state index in [-0.39, 0.29) is 12.4 Å². The monoisotopic (exact) mass is 333 g/mol. The Balaban J connectivity index is 1.72. The van der Waals surface area contributed by atoms with Crippen molar-refractivity contribution >= 4 is 5.97 Å². The van der Waals surface area contributed by atoms with Crippen molar-refractivity contribution in [3.05, 3.63) is 0 Å². The Morgan fingerprint density at radius 1 is 0.913 bits per heavy atom. The number of nitrogens with one attached hydrogen (secondary N) is 1. The van der Waals surface area contributed by atoms with Crippen LogP contribution in [0.15, 0.2) is 0 Å². The van der Waals surface area contributed by atoms with E-state index in [9.17, 15) is 4.79 Å². The highest BCUT2D eigenvalue weighted by molar-refractivity contribution is 5.69. The maximum Gasteiger partial charge on any atom is 0.308 e. The molecule has 1 aliphatic heterocycles. The van der Waals surface area contributed by atoms with E-state index in [0.29, 0.717) is 59.0 Å². The molecule has 0 aliphatic carbocycles. The second-order valence-corrected chi connectivity index (χ2v) is 5.21. The Bertz CT molecular complexity index is 284. The molecule has 136 valence electrons. The fourth-order valence-electron chi connectivity index (χ4n) is 2.17. The molecule has 0 aromatic heterocycles. The van der Waals surface area contributed by atoms with Crippen LogP contribution in [0.3, 0.4) is 0 Å². The van der Waals surface area contributed by atoms with E-state index in [1.807, 2.05) is 0 Å². The van der Waals surface area contributed by atoms with Gasteiger partial charge in [-0.05, 0) is 32.9 Å². The van der Waals surface area contributed by atoms with E-state index < -0.39 is 0 Å². The van der Waals surface area contributed by atoms with Crippen LogP contribution in [0, 0.1) is 0 Å². The maximum absolute atomic E-state index is 11.0. The van der Waals surface area contributed by atoms with Crippen LogP contribution in [0.25, 0.3) is 0 Å². The highest BCUT2D eigenvalue weighted by Crippen LogP contribution is 2.06. The second-order valence-electron chi connectivity index (χ2n) is 5.21. The molecule has 1 N–H and O–H groups in total. The van der Waals surface area contributed by atoms with Crippen LogP contribution in [0.2, 0.25) is 0 Å². The summed E-state index contributed by atoms with van der Waals surface area (Å²) >= 11 is 0. The number of hydrogen-bond acceptors (Lipinski definition) is 7. The zero-order valence-electron chi connectivity index (χ0n) is 14.2. The van der Waals surface area contributed by atoms with Gasteiger partial charge in [0.25, 0.3) is 0 Å². The third-order valence-electron chi connectivity index (χ3n) is 3.37. The van der Waals surface area contributed by atoms with Crippen molar-refractivity contribution in [1.82, 2.24) is 5.32 Å². The fourth-order valence-corrected chi connectivity index (χ4v) is 2.17. The molecule has 0 atom stereocenters. The number of carbonyl (C=O) groups is 1. The normalized spacial score (nSPS) is 15.7. The quantitative estimate of drug-likeness (QED) is 0.371. The molecule has 1 rings (SSSR count). The molecular weight excluding hydrogens is 302 g/mol. The van der Waals surface area contributed by atoms with Crippen molar-refractivity contribution < 1.29 is 28.5 Å². The molecule has 0 unspecified atom stereocenters. The van der Waals surface area contributed by atoms with E-state index in [0.717, 1.165) is 25.9 Å². The molecule has 0 aromatic rings. The summed E-state index contributed by atoms with van der Waals surface area (Å²) in [5, 5.41) is 3.31. The molecule has 0 amide bonds. The van der Waals surface area contributed by atoms with Gasteiger partial charge < -0.3 is 29.0 Å². The summed E-state index contributed by atoms with van der Waals surface area (Å²) in [6.45, 7) is 7.95. The molecule has 7 heteroatoms. The zero-order chi connectivity index (χ0) is 16.6. The lowest BCUT2D eigenvalue weighted by Crippen LogP contribution is -2.33. The van der Waals surface area contributed by atoms with Gasteiger partial charge in [-0.1, -0.05) is 0 Å². The van der Waals surface area contributed by atoms with Crippen LogP contribution in [-0.4, -0.2) is 78.0 Å². The Morgan fingerprint density at radius 3 is 2.09 bits per heavy atom. The van der Waals surface area contributed by atoms with Crippen LogP contribution in [0.5, 0.6) is 0 Å². The molecule has 1 heterocycles. The van der Waals surface area contributed by atoms with Gasteiger partial charge in [0.2, 0.25) is 0 Å². The van der Waals surface area contributed by atoms with Gasteiger partial charge in [0.15, 0.2) is 0 Å². The molecule has 0 aromatic carbocycles. The lowest BCUT2D eigenvalue weighted by molar-refractivity contribution is -0.144. The summed E-state index contributed by atoms with van der Waals surface area (Å²) in [6, 6.07) is 0. The van der Waals surface area contributed by atoms with Gasteiger partial charge in [-0.2, -0.15) is 0 Å². The minimum atomic E-state index is -0.228. The van der Waals surface area contributed by atoms with E-state index in [1.54, 1.807) is 6.92 Å². The highest BCUT2D eigenvalue weighted by atomic mass is 16.6. The molecule has 0 saturated carbocycles. The SMILES string of the molecule is CCOC(=O)CCOCCOCCOCCOC1CCNCC1. The Kier molecular flexibility index (Phi) is 13.1. The lowest BCUT2D eigenvalue weighted by Gasteiger charge is -2.22. The van der Waals surface area contributed by atoms with Gasteiger partial charge in [0, 0.05) is 0 Å².